The number of imidazole rings is 1. The first-order valence-electron chi connectivity index (χ1n) is 10.2. The third kappa shape index (κ3) is 5.41. The number of esters is 1. The number of hydrogen-bond acceptors (Lipinski definition) is 12. The Kier molecular flexibility index (Phi) is 7.89. The number of carbonyl (C=O) groups is 2. The number of nitrogens with zero attached hydrogens (tertiary/aromatic N) is 3. The van der Waals surface area contributed by atoms with Crippen LogP contribution in [0.4, 0.5) is 27.5 Å². The van der Waals surface area contributed by atoms with E-state index in [1.165, 1.54) is 6.07 Å². The number of halogens is 2. The zero-order valence-corrected chi connectivity index (χ0v) is 19.8. The van der Waals surface area contributed by atoms with Crippen molar-refractivity contribution >= 4 is 52.5 Å². The first kappa shape index (κ1) is 26.8. The predicted molar refractivity (Wildman–Crippen MR) is 132 cm³/mol. The van der Waals surface area contributed by atoms with Crippen LogP contribution in [0, 0.1) is 5.82 Å². The first-order valence-corrected chi connectivity index (χ1v) is 10.6. The van der Waals surface area contributed by atoms with Gasteiger partial charge < -0.3 is 32.4 Å². The average molecular weight is 535 g/mol. The molecule has 0 unspecified atom stereocenters. The van der Waals surface area contributed by atoms with Crippen LogP contribution in [0.2, 0.25) is 0 Å². The number of benzene rings is 1. The number of aromatic nitrogens is 3. The highest BCUT2D eigenvalue weighted by Crippen LogP contribution is 2.19. The largest absolute Gasteiger partial charge is 0.477 e. The van der Waals surface area contributed by atoms with E-state index in [9.17, 15) is 23.6 Å². The molecule has 0 bridgehead atoms. The molecule has 0 aliphatic rings. The second kappa shape index (κ2) is 10.9. The fraction of sp³-hybridized carbons (Fsp3) is 0.143. The number of nitrogen functional groups attached to an aromatic ring is 3. The van der Waals surface area contributed by atoms with E-state index in [1.54, 1.807) is 12.1 Å². The molecule has 4 aromatic rings. The second-order valence-electron chi connectivity index (χ2n) is 7.37. The third-order valence-electron chi connectivity index (χ3n) is 5.04. The number of nitrogens with two attached hydrogens (primary N) is 3. The summed E-state index contributed by atoms with van der Waals surface area (Å²) in [6.45, 7) is 0.452. The monoisotopic (exact) mass is 534 g/mol. The highest BCUT2D eigenvalue weighted by atomic mass is 35.5. The van der Waals surface area contributed by atoms with Crippen LogP contribution in [0.1, 0.15) is 32.1 Å². The van der Waals surface area contributed by atoms with Crippen molar-refractivity contribution in [2.75, 3.05) is 29.6 Å². The van der Waals surface area contributed by atoms with Gasteiger partial charge in [-0.05, 0) is 29.5 Å². The molecule has 194 valence electrons. The van der Waals surface area contributed by atoms with Crippen molar-refractivity contribution in [2.45, 2.75) is 13.1 Å². The number of fused-ring (bicyclic) bond motifs is 1. The van der Waals surface area contributed by atoms with Crippen molar-refractivity contribution in [1.29, 1.82) is 0 Å². The number of rotatable bonds is 7. The van der Waals surface area contributed by atoms with Gasteiger partial charge in [-0.15, -0.1) is 0 Å². The van der Waals surface area contributed by atoms with Crippen molar-refractivity contribution in [3.8, 4) is 0 Å². The summed E-state index contributed by atoms with van der Waals surface area (Å²) in [6.07, 6.45) is 0. The van der Waals surface area contributed by atoms with E-state index in [0.717, 1.165) is 23.1 Å². The lowest BCUT2D eigenvalue weighted by molar-refractivity contribution is 0.0592. The fourth-order valence-electron chi connectivity index (χ4n) is 3.21. The highest BCUT2D eigenvalue weighted by Gasteiger charge is 2.21. The van der Waals surface area contributed by atoms with Crippen LogP contribution in [0.25, 0.3) is 5.65 Å². The number of nitrogens with one attached hydrogen (secondary N) is 2. The Bertz CT molecular complexity index is 1580. The molecule has 37 heavy (non-hydrogen) atoms. The zero-order valence-electron chi connectivity index (χ0n) is 19.0. The van der Waals surface area contributed by atoms with E-state index in [1.807, 2.05) is 0 Å². The van der Waals surface area contributed by atoms with Crippen LogP contribution >= 0.6 is 11.8 Å². The third-order valence-corrected chi connectivity index (χ3v) is 5.18. The molecule has 16 heteroatoms. The lowest BCUT2D eigenvalue weighted by atomic mass is 10.1. The minimum atomic E-state index is -1.30. The Morgan fingerprint density at radius 3 is 2.43 bits per heavy atom. The summed E-state index contributed by atoms with van der Waals surface area (Å²) in [4.78, 5) is 54.5. The van der Waals surface area contributed by atoms with Crippen LogP contribution < -0.4 is 38.2 Å². The Labute approximate surface area is 211 Å². The molecule has 4 rings (SSSR count). The Morgan fingerprint density at radius 2 is 1.84 bits per heavy atom. The first-order chi connectivity index (χ1) is 17.5. The van der Waals surface area contributed by atoms with E-state index in [2.05, 4.69) is 24.9 Å². The number of ether oxygens (including phenoxy) is 1. The summed E-state index contributed by atoms with van der Waals surface area (Å²) in [6, 6.07) is 5.56. The van der Waals surface area contributed by atoms with Gasteiger partial charge in [-0.3, -0.25) is 14.0 Å². The molecule has 9 N–H and O–H groups in total. The van der Waals surface area contributed by atoms with Gasteiger partial charge in [0.25, 0.3) is 10.9 Å². The molecule has 0 saturated heterocycles. The van der Waals surface area contributed by atoms with E-state index in [4.69, 9.17) is 34.1 Å². The molecule has 0 spiro atoms. The second-order valence-corrected chi connectivity index (χ2v) is 7.64. The Hall–Kier alpha value is -4.76. The number of carboxylic acids is 1. The van der Waals surface area contributed by atoms with Gasteiger partial charge in [-0.2, -0.15) is 4.98 Å². The molecule has 14 nitrogen and oxygen atoms in total. The van der Waals surface area contributed by atoms with Crippen LogP contribution in [-0.2, 0) is 17.8 Å². The number of methoxy groups -OCH3 is 1. The summed E-state index contributed by atoms with van der Waals surface area (Å²) >= 11 is 5.38. The smallest absolute Gasteiger partial charge is 0.355 e. The number of aromatic carboxylic acids is 1. The molecule has 2 heterocycles. The van der Waals surface area contributed by atoms with Gasteiger partial charge in [-0.1, -0.05) is 6.07 Å². The normalized spacial score (nSPS) is 10.7. The SMILES string of the molecule is COC(=O)c1cc(C(=O)O)nc2c(N)nc(N)n12.Nc1c(NCc2cc(CNCl)ccc2F)c(=O)c1=O. The molecule has 0 fully saturated rings. The zero-order chi connectivity index (χ0) is 27.4. The molecular weight excluding hydrogens is 515 g/mol. The van der Waals surface area contributed by atoms with Crippen LogP contribution in [-0.4, -0.2) is 38.5 Å². The van der Waals surface area contributed by atoms with Crippen molar-refractivity contribution in [2.24, 2.45) is 0 Å². The summed E-state index contributed by atoms with van der Waals surface area (Å²) in [5, 5.41) is 11.6. The summed E-state index contributed by atoms with van der Waals surface area (Å²) in [5.41, 5.74) is 15.7. The van der Waals surface area contributed by atoms with Gasteiger partial charge in [-0.25, -0.2) is 23.8 Å². The maximum atomic E-state index is 13.6. The summed E-state index contributed by atoms with van der Waals surface area (Å²) < 4.78 is 19.2. The quantitative estimate of drug-likeness (QED) is 0.106. The minimum absolute atomic E-state index is 0.00667. The van der Waals surface area contributed by atoms with Gasteiger partial charge in [0.1, 0.15) is 22.9 Å². The fourth-order valence-corrected chi connectivity index (χ4v) is 3.37. The Morgan fingerprint density at radius 1 is 1.14 bits per heavy atom. The summed E-state index contributed by atoms with van der Waals surface area (Å²) in [5.74, 6) is -2.63. The average Bonchev–Trinajstić information content (AvgIpc) is 3.18. The molecule has 0 amide bonds. The molecule has 0 aliphatic heterocycles. The standard InChI is InChI=1S/C12H11ClFN3O2.C9H9N5O4/c13-17-4-6-1-2-8(14)7(3-6)5-16-10-9(15)11(18)12(10)19;1-18-8(17)4-2-3(7(15)16)12-6-5(10)13-9(11)14(4)6/h1-3,16-17H,4-5,15H2;2H,10H2,1H3,(H2,11,13)(H,15,16). The molecular formula is C21H20ClFN8O6. The minimum Gasteiger partial charge on any atom is -0.477 e. The van der Waals surface area contributed by atoms with Gasteiger partial charge in [0.2, 0.25) is 5.95 Å². The van der Waals surface area contributed by atoms with Crippen LogP contribution in [0.5, 0.6) is 0 Å². The van der Waals surface area contributed by atoms with Gasteiger partial charge in [0.05, 0.1) is 7.11 Å². The number of hydrogen-bond donors (Lipinski definition) is 6. The van der Waals surface area contributed by atoms with Crippen molar-refractivity contribution in [3.63, 3.8) is 0 Å². The van der Waals surface area contributed by atoms with Gasteiger partial charge >= 0.3 is 11.9 Å². The number of carboxylic acid groups (broad SMARTS) is 1. The summed E-state index contributed by atoms with van der Waals surface area (Å²) in [7, 11) is 1.16. The lowest BCUT2D eigenvalue weighted by Crippen LogP contribution is -2.37. The maximum absolute atomic E-state index is 13.6. The van der Waals surface area contributed by atoms with E-state index in [0.29, 0.717) is 12.1 Å². The maximum Gasteiger partial charge on any atom is 0.355 e. The van der Waals surface area contributed by atoms with Crippen molar-refractivity contribution in [1.82, 2.24) is 19.2 Å². The topological polar surface area (TPSA) is 230 Å². The van der Waals surface area contributed by atoms with Crippen LogP contribution in [0.3, 0.4) is 0 Å². The van der Waals surface area contributed by atoms with Gasteiger partial charge in [0.15, 0.2) is 17.2 Å². The van der Waals surface area contributed by atoms with E-state index in [-0.39, 0.29) is 46.7 Å². The van der Waals surface area contributed by atoms with Crippen molar-refractivity contribution in [3.05, 3.63) is 73.0 Å². The van der Waals surface area contributed by atoms with Crippen LogP contribution in [0.15, 0.2) is 33.9 Å². The predicted octanol–water partition coefficient (Wildman–Crippen LogP) is 0.238. The molecule has 0 saturated carbocycles. The molecule has 0 aliphatic carbocycles. The van der Waals surface area contributed by atoms with Gasteiger partial charge in [0, 0.05) is 24.7 Å². The lowest BCUT2D eigenvalue weighted by Gasteiger charge is -2.11. The molecule has 2 aromatic carbocycles. The highest BCUT2D eigenvalue weighted by molar-refractivity contribution is 6.13. The van der Waals surface area contributed by atoms with E-state index >= 15 is 0 Å². The Balaban J connectivity index is 0.000000206. The molecule has 0 atom stereocenters. The molecule has 2 aromatic heterocycles. The molecule has 0 radical (unpaired) electrons. The number of anilines is 4. The van der Waals surface area contributed by atoms with E-state index < -0.39 is 28.6 Å². The van der Waals surface area contributed by atoms with Crippen molar-refractivity contribution < 1.29 is 23.8 Å². The number of carbonyl (C=O) groups excluding carboxylic acids is 1.